The molecule has 0 heterocycles. The number of halogens is 1. The van der Waals surface area contributed by atoms with Gasteiger partial charge in [0.05, 0.1) is 11.0 Å². The number of nitro groups is 1. The van der Waals surface area contributed by atoms with E-state index in [0.717, 1.165) is 6.42 Å². The first-order valence-corrected chi connectivity index (χ1v) is 7.47. The molecule has 0 saturated heterocycles. The molecule has 2 rings (SSSR count). The van der Waals surface area contributed by atoms with Crippen molar-refractivity contribution in [3.05, 3.63) is 32.8 Å². The molecule has 0 aliphatic heterocycles. The van der Waals surface area contributed by atoms with Gasteiger partial charge in [-0.15, -0.1) is 0 Å². The molecule has 0 bridgehead atoms. The largest absolute Gasteiger partial charge is 0.378 e. The number of benzene rings is 1. The maximum atomic E-state index is 11.1. The molecule has 1 saturated carbocycles. The maximum absolute atomic E-state index is 11.1. The van der Waals surface area contributed by atoms with Crippen LogP contribution in [0.2, 0.25) is 0 Å². The first kappa shape index (κ1) is 15.3. The first-order valence-electron chi connectivity index (χ1n) is 6.68. The minimum atomic E-state index is -0.362. The van der Waals surface area contributed by atoms with E-state index >= 15 is 0 Å². The molecule has 1 N–H and O–H groups in total. The lowest BCUT2D eigenvalue weighted by Crippen LogP contribution is -2.58. The molecule has 0 radical (unpaired) electrons. The smallest absolute Gasteiger partial charge is 0.293 e. The molecular formula is C14H19BrN2O3. The molecule has 5 nitrogen and oxygen atoms in total. The molecule has 20 heavy (non-hydrogen) atoms. The molecule has 2 atom stereocenters. The van der Waals surface area contributed by atoms with Crippen molar-refractivity contribution in [2.45, 2.75) is 39.3 Å². The summed E-state index contributed by atoms with van der Waals surface area (Å²) in [7, 11) is 0. The van der Waals surface area contributed by atoms with E-state index in [9.17, 15) is 10.1 Å². The van der Waals surface area contributed by atoms with Crippen molar-refractivity contribution >= 4 is 27.3 Å². The van der Waals surface area contributed by atoms with E-state index < -0.39 is 0 Å². The monoisotopic (exact) mass is 342 g/mol. The minimum absolute atomic E-state index is 0.0308. The van der Waals surface area contributed by atoms with Gasteiger partial charge in [0, 0.05) is 28.6 Å². The van der Waals surface area contributed by atoms with Gasteiger partial charge in [-0.2, -0.15) is 0 Å². The van der Waals surface area contributed by atoms with Gasteiger partial charge >= 0.3 is 0 Å². The predicted molar refractivity (Wildman–Crippen MR) is 82.0 cm³/mol. The van der Waals surface area contributed by atoms with Crippen LogP contribution in [0.15, 0.2) is 22.7 Å². The topological polar surface area (TPSA) is 64.4 Å². The van der Waals surface area contributed by atoms with Crippen LogP contribution < -0.4 is 5.32 Å². The van der Waals surface area contributed by atoms with Gasteiger partial charge < -0.3 is 10.1 Å². The molecule has 1 aromatic carbocycles. The summed E-state index contributed by atoms with van der Waals surface area (Å²) in [6.45, 7) is 6.92. The van der Waals surface area contributed by atoms with Crippen LogP contribution in [0, 0.1) is 15.5 Å². The van der Waals surface area contributed by atoms with Crippen LogP contribution in [0.1, 0.15) is 27.2 Å². The molecule has 1 aromatic rings. The fourth-order valence-electron chi connectivity index (χ4n) is 2.58. The van der Waals surface area contributed by atoms with E-state index in [2.05, 4.69) is 35.1 Å². The molecule has 1 aliphatic carbocycles. The highest BCUT2D eigenvalue weighted by Crippen LogP contribution is 2.45. The van der Waals surface area contributed by atoms with Crippen LogP contribution >= 0.6 is 15.9 Å². The Morgan fingerprint density at radius 1 is 1.55 bits per heavy atom. The molecule has 0 amide bonds. The van der Waals surface area contributed by atoms with Crippen molar-refractivity contribution in [2.75, 3.05) is 11.9 Å². The molecule has 2 unspecified atom stereocenters. The number of nitrogens with zero attached hydrogens (tertiary/aromatic N) is 1. The fraction of sp³-hybridized carbons (Fsp3) is 0.571. The molecule has 110 valence electrons. The number of ether oxygens (including phenoxy) is 1. The number of hydrogen-bond acceptors (Lipinski definition) is 4. The van der Waals surface area contributed by atoms with E-state index in [-0.39, 0.29) is 28.2 Å². The van der Waals surface area contributed by atoms with E-state index in [1.54, 1.807) is 12.1 Å². The number of nitro benzene ring substituents is 1. The van der Waals surface area contributed by atoms with Crippen molar-refractivity contribution in [1.29, 1.82) is 0 Å². The van der Waals surface area contributed by atoms with E-state index in [1.807, 2.05) is 6.92 Å². The van der Waals surface area contributed by atoms with Crippen molar-refractivity contribution in [1.82, 2.24) is 0 Å². The fourth-order valence-corrected chi connectivity index (χ4v) is 2.93. The van der Waals surface area contributed by atoms with Gasteiger partial charge in [-0.3, -0.25) is 10.1 Å². The summed E-state index contributed by atoms with van der Waals surface area (Å²) < 4.78 is 6.38. The number of rotatable bonds is 5. The average Bonchev–Trinajstić information content (AvgIpc) is 2.39. The lowest BCUT2D eigenvalue weighted by Gasteiger charge is -2.51. The Kier molecular flexibility index (Phi) is 4.34. The Hall–Kier alpha value is -1.14. The Morgan fingerprint density at radius 2 is 2.25 bits per heavy atom. The van der Waals surface area contributed by atoms with Gasteiger partial charge in [0.2, 0.25) is 0 Å². The Bertz CT molecular complexity index is 519. The van der Waals surface area contributed by atoms with Crippen LogP contribution in [0.25, 0.3) is 0 Å². The Balaban J connectivity index is 2.14. The lowest BCUT2D eigenvalue weighted by molar-refractivity contribution is -0.384. The third-order valence-corrected chi connectivity index (χ3v) is 4.53. The van der Waals surface area contributed by atoms with Crippen molar-refractivity contribution in [2.24, 2.45) is 5.41 Å². The molecule has 0 spiro atoms. The number of hydrogen-bond donors (Lipinski definition) is 1. The van der Waals surface area contributed by atoms with Gasteiger partial charge in [-0.1, -0.05) is 29.8 Å². The highest BCUT2D eigenvalue weighted by atomic mass is 79.9. The second-order valence-corrected chi connectivity index (χ2v) is 6.53. The average molecular weight is 343 g/mol. The van der Waals surface area contributed by atoms with Crippen molar-refractivity contribution in [3.63, 3.8) is 0 Å². The van der Waals surface area contributed by atoms with Gasteiger partial charge in [-0.05, 0) is 25.5 Å². The second kappa shape index (κ2) is 5.69. The summed E-state index contributed by atoms with van der Waals surface area (Å²) in [5, 5.41) is 14.4. The van der Waals surface area contributed by atoms with E-state index in [1.165, 1.54) is 6.07 Å². The van der Waals surface area contributed by atoms with Crippen LogP contribution in [0.4, 0.5) is 11.4 Å². The van der Waals surface area contributed by atoms with Crippen LogP contribution in [-0.4, -0.2) is 23.7 Å². The highest BCUT2D eigenvalue weighted by molar-refractivity contribution is 9.10. The van der Waals surface area contributed by atoms with Gasteiger partial charge in [0.15, 0.2) is 0 Å². The zero-order valence-electron chi connectivity index (χ0n) is 11.9. The quantitative estimate of drug-likeness (QED) is 0.649. The summed E-state index contributed by atoms with van der Waals surface area (Å²) >= 11 is 3.26. The van der Waals surface area contributed by atoms with Crippen LogP contribution in [0.3, 0.4) is 0 Å². The Labute approximate surface area is 127 Å². The van der Waals surface area contributed by atoms with Crippen LogP contribution in [0.5, 0.6) is 0 Å². The summed E-state index contributed by atoms with van der Waals surface area (Å²) in [6.07, 6.45) is 1.08. The van der Waals surface area contributed by atoms with Gasteiger partial charge in [0.1, 0.15) is 5.69 Å². The lowest BCUT2D eigenvalue weighted by atomic mass is 9.64. The van der Waals surface area contributed by atoms with Crippen LogP contribution in [-0.2, 0) is 4.74 Å². The standard InChI is InChI=1S/C14H19BrN2O3/c1-4-20-13-8-12(14(13,2)3)16-10-6-5-9(15)7-11(10)17(18)19/h5-7,12-13,16H,4,8H2,1-3H3. The zero-order chi connectivity index (χ0) is 14.9. The normalized spacial score (nSPS) is 24.0. The van der Waals surface area contributed by atoms with Crippen molar-refractivity contribution in [3.8, 4) is 0 Å². The third-order valence-electron chi connectivity index (χ3n) is 4.03. The summed E-state index contributed by atoms with van der Waals surface area (Å²) in [6, 6.07) is 5.25. The third kappa shape index (κ3) is 2.81. The molecule has 1 aliphatic rings. The molecule has 6 heteroatoms. The number of nitrogens with one attached hydrogen (secondary N) is 1. The zero-order valence-corrected chi connectivity index (χ0v) is 13.4. The molecule has 0 aromatic heterocycles. The maximum Gasteiger partial charge on any atom is 0.293 e. The SMILES string of the molecule is CCOC1CC(Nc2ccc(Br)cc2[N+](=O)[O-])C1(C)C. The molecular weight excluding hydrogens is 324 g/mol. The summed E-state index contributed by atoms with van der Waals surface area (Å²) in [5.74, 6) is 0. The van der Waals surface area contributed by atoms with Gasteiger partial charge in [-0.25, -0.2) is 0 Å². The molecule has 1 fully saturated rings. The van der Waals surface area contributed by atoms with Gasteiger partial charge in [0.25, 0.3) is 5.69 Å². The summed E-state index contributed by atoms with van der Waals surface area (Å²) in [5.41, 5.74) is 0.623. The van der Waals surface area contributed by atoms with E-state index in [0.29, 0.717) is 16.8 Å². The predicted octanol–water partition coefficient (Wildman–Crippen LogP) is 3.97. The first-order chi connectivity index (χ1) is 9.36. The number of anilines is 1. The van der Waals surface area contributed by atoms with E-state index in [4.69, 9.17) is 4.74 Å². The second-order valence-electron chi connectivity index (χ2n) is 5.62. The minimum Gasteiger partial charge on any atom is -0.378 e. The summed E-state index contributed by atoms with van der Waals surface area (Å²) in [4.78, 5) is 10.7. The highest BCUT2D eigenvalue weighted by Gasteiger charge is 2.49. The Morgan fingerprint density at radius 3 is 2.80 bits per heavy atom. The van der Waals surface area contributed by atoms with Crippen molar-refractivity contribution < 1.29 is 9.66 Å².